The molecule has 4 heteroatoms. The van der Waals surface area contributed by atoms with Crippen molar-refractivity contribution in [3.05, 3.63) is 47.0 Å². The number of benzene rings is 2. The van der Waals surface area contributed by atoms with Crippen molar-refractivity contribution in [2.24, 2.45) is 0 Å². The first-order valence-electron chi connectivity index (χ1n) is 5.05. The van der Waals surface area contributed by atoms with Crippen LogP contribution in [0.1, 0.15) is 26.3 Å². The van der Waals surface area contributed by atoms with E-state index in [-0.39, 0.29) is 16.5 Å². The minimum absolute atomic E-state index is 0.00329. The Morgan fingerprint density at radius 3 is 2.22 bits per heavy atom. The normalized spacial score (nSPS) is 9.94. The molecular formula is C14H8O4. The third-order valence-electron chi connectivity index (χ3n) is 2.66. The van der Waals surface area contributed by atoms with Gasteiger partial charge in [-0.1, -0.05) is 18.1 Å². The van der Waals surface area contributed by atoms with E-state index in [0.29, 0.717) is 10.9 Å². The zero-order chi connectivity index (χ0) is 13.3. The lowest BCUT2D eigenvalue weighted by Crippen LogP contribution is -2.03. The van der Waals surface area contributed by atoms with Crippen molar-refractivity contribution in [3.63, 3.8) is 0 Å². The maximum atomic E-state index is 11.1. The summed E-state index contributed by atoms with van der Waals surface area (Å²) in [5, 5.41) is 18.8. The minimum atomic E-state index is -1.14. The van der Waals surface area contributed by atoms with Crippen LogP contribution in [0.3, 0.4) is 0 Å². The third kappa shape index (κ3) is 1.68. The summed E-state index contributed by atoms with van der Waals surface area (Å²) in [6.45, 7) is 0. The first kappa shape index (κ1) is 11.7. The SMILES string of the molecule is C#Cc1ccc(C(=O)O)c2cccc(C(=O)O)c12. The smallest absolute Gasteiger partial charge is 0.336 e. The van der Waals surface area contributed by atoms with Crippen LogP contribution in [0.4, 0.5) is 0 Å². The fourth-order valence-electron chi connectivity index (χ4n) is 1.89. The van der Waals surface area contributed by atoms with Crippen LogP contribution in [-0.4, -0.2) is 22.2 Å². The number of hydrogen-bond acceptors (Lipinski definition) is 2. The van der Waals surface area contributed by atoms with E-state index >= 15 is 0 Å². The van der Waals surface area contributed by atoms with Crippen molar-refractivity contribution < 1.29 is 19.8 Å². The van der Waals surface area contributed by atoms with Crippen molar-refractivity contribution in [3.8, 4) is 12.3 Å². The standard InChI is InChI=1S/C14H8O4/c1-2-8-6-7-10(13(15)16)9-4-3-5-11(12(8)9)14(17)18/h1,3-7H,(H,15,16)(H,17,18). The van der Waals surface area contributed by atoms with Gasteiger partial charge in [0.2, 0.25) is 0 Å². The van der Waals surface area contributed by atoms with Gasteiger partial charge in [-0.15, -0.1) is 6.42 Å². The summed E-state index contributed by atoms with van der Waals surface area (Å²) in [5.74, 6) is 0.117. The number of carboxylic acids is 2. The van der Waals surface area contributed by atoms with E-state index in [0.717, 1.165) is 0 Å². The fourth-order valence-corrected chi connectivity index (χ4v) is 1.89. The molecule has 2 N–H and O–H groups in total. The zero-order valence-corrected chi connectivity index (χ0v) is 9.18. The molecule has 0 saturated carbocycles. The predicted molar refractivity (Wildman–Crippen MR) is 65.8 cm³/mol. The van der Waals surface area contributed by atoms with Crippen LogP contribution in [0.15, 0.2) is 30.3 Å². The maximum Gasteiger partial charge on any atom is 0.336 e. The molecule has 0 fully saturated rings. The summed E-state index contributed by atoms with van der Waals surface area (Å²) in [7, 11) is 0. The van der Waals surface area contributed by atoms with Gasteiger partial charge in [-0.3, -0.25) is 0 Å². The van der Waals surface area contributed by atoms with E-state index in [9.17, 15) is 9.59 Å². The number of carboxylic acid groups (broad SMARTS) is 2. The van der Waals surface area contributed by atoms with Gasteiger partial charge < -0.3 is 10.2 Å². The van der Waals surface area contributed by atoms with Gasteiger partial charge in [0, 0.05) is 10.9 Å². The summed E-state index contributed by atoms with van der Waals surface area (Å²) in [6, 6.07) is 7.27. The van der Waals surface area contributed by atoms with E-state index in [1.807, 2.05) is 0 Å². The molecule has 2 aromatic carbocycles. The Kier molecular flexibility index (Phi) is 2.74. The summed E-state index contributed by atoms with van der Waals surface area (Å²) >= 11 is 0. The lowest BCUT2D eigenvalue weighted by Gasteiger charge is -2.07. The maximum absolute atomic E-state index is 11.1. The van der Waals surface area contributed by atoms with Crippen LogP contribution in [0.5, 0.6) is 0 Å². The number of hydrogen-bond donors (Lipinski definition) is 2. The Balaban J connectivity index is 3.01. The monoisotopic (exact) mass is 240 g/mol. The van der Waals surface area contributed by atoms with Crippen LogP contribution < -0.4 is 0 Å². The molecule has 2 aromatic rings. The fraction of sp³-hybridized carbons (Fsp3) is 0. The predicted octanol–water partition coefficient (Wildman–Crippen LogP) is 2.22. The molecule has 0 bridgehead atoms. The molecule has 18 heavy (non-hydrogen) atoms. The van der Waals surface area contributed by atoms with Crippen LogP contribution in [0, 0.1) is 12.3 Å². The molecule has 0 aliphatic carbocycles. The van der Waals surface area contributed by atoms with Crippen LogP contribution in [0.25, 0.3) is 10.8 Å². The van der Waals surface area contributed by atoms with Crippen molar-refractivity contribution in [2.75, 3.05) is 0 Å². The van der Waals surface area contributed by atoms with E-state index in [4.69, 9.17) is 16.6 Å². The zero-order valence-electron chi connectivity index (χ0n) is 9.18. The molecule has 0 aliphatic heterocycles. The second-order valence-corrected chi connectivity index (χ2v) is 3.64. The molecule has 0 aromatic heterocycles. The highest BCUT2D eigenvalue weighted by atomic mass is 16.4. The average Bonchev–Trinajstić information content (AvgIpc) is 2.36. The first-order chi connectivity index (χ1) is 8.56. The molecule has 0 saturated heterocycles. The van der Waals surface area contributed by atoms with Gasteiger partial charge in [-0.25, -0.2) is 9.59 Å². The molecule has 88 valence electrons. The molecular weight excluding hydrogens is 232 g/mol. The average molecular weight is 240 g/mol. The van der Waals surface area contributed by atoms with Gasteiger partial charge in [-0.2, -0.15) is 0 Å². The third-order valence-corrected chi connectivity index (χ3v) is 2.66. The lowest BCUT2D eigenvalue weighted by atomic mass is 9.95. The second kappa shape index (κ2) is 4.22. The van der Waals surface area contributed by atoms with E-state index in [2.05, 4.69) is 5.92 Å². The summed E-state index contributed by atoms with van der Waals surface area (Å²) in [6.07, 6.45) is 5.32. The van der Waals surface area contributed by atoms with Crippen molar-refractivity contribution >= 4 is 22.7 Å². The summed E-state index contributed by atoms with van der Waals surface area (Å²) < 4.78 is 0. The van der Waals surface area contributed by atoms with Gasteiger partial charge in [0.1, 0.15) is 0 Å². The molecule has 0 aliphatic rings. The highest BCUT2D eigenvalue weighted by Crippen LogP contribution is 2.26. The number of aromatic carboxylic acids is 2. The Hall–Kier alpha value is -2.80. The van der Waals surface area contributed by atoms with Gasteiger partial charge >= 0.3 is 11.9 Å². The number of carbonyl (C=O) groups is 2. The summed E-state index contributed by atoms with van der Waals surface area (Å²) in [5.41, 5.74) is 0.406. The number of rotatable bonds is 2. The van der Waals surface area contributed by atoms with Crippen LogP contribution >= 0.6 is 0 Å². The van der Waals surface area contributed by atoms with E-state index < -0.39 is 11.9 Å². The Morgan fingerprint density at radius 1 is 1.00 bits per heavy atom. The van der Waals surface area contributed by atoms with Crippen LogP contribution in [0.2, 0.25) is 0 Å². The highest BCUT2D eigenvalue weighted by molar-refractivity contribution is 6.12. The largest absolute Gasteiger partial charge is 0.478 e. The van der Waals surface area contributed by atoms with Gasteiger partial charge in [0.05, 0.1) is 11.1 Å². The molecule has 0 heterocycles. The highest BCUT2D eigenvalue weighted by Gasteiger charge is 2.16. The number of terminal acetylenes is 1. The minimum Gasteiger partial charge on any atom is -0.478 e. The molecule has 2 rings (SSSR count). The molecule has 0 spiro atoms. The molecule has 0 atom stereocenters. The molecule has 0 amide bonds. The number of fused-ring (bicyclic) bond motifs is 1. The first-order valence-corrected chi connectivity index (χ1v) is 5.05. The van der Waals surface area contributed by atoms with Crippen molar-refractivity contribution in [1.82, 2.24) is 0 Å². The van der Waals surface area contributed by atoms with Crippen molar-refractivity contribution in [1.29, 1.82) is 0 Å². The van der Waals surface area contributed by atoms with E-state index in [1.54, 1.807) is 6.07 Å². The Morgan fingerprint density at radius 2 is 1.67 bits per heavy atom. The van der Waals surface area contributed by atoms with Crippen LogP contribution in [-0.2, 0) is 0 Å². The van der Waals surface area contributed by atoms with Gasteiger partial charge in [0.25, 0.3) is 0 Å². The lowest BCUT2D eigenvalue weighted by molar-refractivity contribution is 0.0686. The Bertz CT molecular complexity index is 708. The Labute approximate surface area is 102 Å². The van der Waals surface area contributed by atoms with Gasteiger partial charge in [0.15, 0.2) is 0 Å². The molecule has 0 unspecified atom stereocenters. The van der Waals surface area contributed by atoms with Gasteiger partial charge in [-0.05, 0) is 23.6 Å². The molecule has 4 nitrogen and oxygen atoms in total. The topological polar surface area (TPSA) is 74.6 Å². The van der Waals surface area contributed by atoms with E-state index in [1.165, 1.54) is 24.3 Å². The van der Waals surface area contributed by atoms with Crippen molar-refractivity contribution in [2.45, 2.75) is 0 Å². The summed E-state index contributed by atoms with van der Waals surface area (Å²) in [4.78, 5) is 22.2. The molecule has 0 radical (unpaired) electrons. The quantitative estimate of drug-likeness (QED) is 0.789. The second-order valence-electron chi connectivity index (χ2n) is 3.64.